The number of amides is 1. The van der Waals surface area contributed by atoms with Gasteiger partial charge in [-0.3, -0.25) is 9.69 Å². The molecule has 4 rings (SSSR count). The van der Waals surface area contributed by atoms with Gasteiger partial charge in [0, 0.05) is 13.1 Å². The highest BCUT2D eigenvalue weighted by atomic mass is 32.1. The molecule has 7 nitrogen and oxygen atoms in total. The minimum atomic E-state index is -0.438. The van der Waals surface area contributed by atoms with E-state index in [-0.39, 0.29) is 12.5 Å². The first-order valence-electron chi connectivity index (χ1n) is 10.2. The van der Waals surface area contributed by atoms with Crippen LogP contribution in [-0.2, 0) is 17.8 Å². The van der Waals surface area contributed by atoms with Gasteiger partial charge in [0.15, 0.2) is 11.5 Å². The van der Waals surface area contributed by atoms with Gasteiger partial charge >= 0.3 is 5.97 Å². The zero-order valence-electron chi connectivity index (χ0n) is 17.6. The topological polar surface area (TPSA) is 80.2 Å². The Kier molecular flexibility index (Phi) is 6.94. The number of hydrogen-bond donors (Lipinski definition) is 1. The molecule has 1 N–H and O–H groups in total. The summed E-state index contributed by atoms with van der Waals surface area (Å²) in [4.78, 5) is 27.1. The van der Waals surface area contributed by atoms with Crippen LogP contribution in [0.2, 0.25) is 0 Å². The third kappa shape index (κ3) is 5.40. The Hall–Kier alpha value is -3.49. The van der Waals surface area contributed by atoms with Gasteiger partial charge in [-0.25, -0.2) is 10.2 Å². The first-order valence-corrected chi connectivity index (χ1v) is 11.0. The summed E-state index contributed by atoms with van der Waals surface area (Å²) in [5.74, 6) is 0.107. The van der Waals surface area contributed by atoms with Crippen molar-refractivity contribution in [1.29, 1.82) is 0 Å². The van der Waals surface area contributed by atoms with Crippen molar-refractivity contribution in [1.82, 2.24) is 10.3 Å². The third-order valence-corrected chi connectivity index (χ3v) is 5.94. The SMILES string of the molecule is COc1cc(C=NNC(=O)CN2CCc3ccccc3C2)ccc1OC(=O)c1cccs1. The van der Waals surface area contributed by atoms with E-state index in [1.54, 1.807) is 30.3 Å². The van der Waals surface area contributed by atoms with E-state index in [0.29, 0.717) is 21.9 Å². The molecule has 8 heteroatoms. The molecule has 0 unspecified atom stereocenters. The smallest absolute Gasteiger partial charge is 0.353 e. The molecule has 2 heterocycles. The predicted molar refractivity (Wildman–Crippen MR) is 123 cm³/mol. The van der Waals surface area contributed by atoms with E-state index in [4.69, 9.17) is 9.47 Å². The van der Waals surface area contributed by atoms with Crippen molar-refractivity contribution in [3.8, 4) is 11.5 Å². The van der Waals surface area contributed by atoms with Crippen molar-refractivity contribution >= 4 is 29.4 Å². The van der Waals surface area contributed by atoms with Crippen LogP contribution in [0.5, 0.6) is 11.5 Å². The fourth-order valence-corrected chi connectivity index (χ4v) is 4.10. The van der Waals surface area contributed by atoms with Crippen molar-refractivity contribution in [3.05, 3.63) is 81.5 Å². The van der Waals surface area contributed by atoms with E-state index in [2.05, 4.69) is 27.6 Å². The number of ether oxygens (including phenoxy) is 2. The largest absolute Gasteiger partial charge is 0.493 e. The Morgan fingerprint density at radius 3 is 2.75 bits per heavy atom. The van der Waals surface area contributed by atoms with E-state index in [1.165, 1.54) is 35.8 Å². The van der Waals surface area contributed by atoms with Gasteiger partial charge in [0.2, 0.25) is 0 Å². The van der Waals surface area contributed by atoms with Crippen LogP contribution in [-0.4, -0.2) is 43.2 Å². The number of hydrazone groups is 1. The molecule has 164 valence electrons. The van der Waals surface area contributed by atoms with E-state index in [0.717, 1.165) is 19.5 Å². The van der Waals surface area contributed by atoms with Gasteiger partial charge in [-0.05, 0) is 52.8 Å². The number of fused-ring (bicyclic) bond motifs is 1. The number of carbonyl (C=O) groups excluding carboxylic acids is 2. The Balaban J connectivity index is 1.31. The van der Waals surface area contributed by atoms with Crippen molar-refractivity contribution in [2.75, 3.05) is 20.2 Å². The summed E-state index contributed by atoms with van der Waals surface area (Å²) in [6.45, 7) is 1.89. The summed E-state index contributed by atoms with van der Waals surface area (Å²) < 4.78 is 10.7. The molecule has 1 amide bonds. The molecular formula is C24H23N3O4S. The van der Waals surface area contributed by atoms with Crippen molar-refractivity contribution in [2.24, 2.45) is 5.10 Å². The van der Waals surface area contributed by atoms with Gasteiger partial charge in [0.25, 0.3) is 5.91 Å². The lowest BCUT2D eigenvalue weighted by Crippen LogP contribution is -2.38. The quantitative estimate of drug-likeness (QED) is 0.259. The number of nitrogens with one attached hydrogen (secondary N) is 1. The molecule has 1 aliphatic rings. The molecule has 0 saturated heterocycles. The average Bonchev–Trinajstić information content (AvgIpc) is 3.35. The second kappa shape index (κ2) is 10.2. The number of rotatable bonds is 7. The van der Waals surface area contributed by atoms with Crippen LogP contribution in [0.15, 0.2) is 65.1 Å². The Bertz CT molecular complexity index is 1130. The molecule has 2 aromatic carbocycles. The van der Waals surface area contributed by atoms with Crippen molar-refractivity contribution < 1.29 is 19.1 Å². The van der Waals surface area contributed by atoms with E-state index in [9.17, 15) is 9.59 Å². The van der Waals surface area contributed by atoms with Gasteiger partial charge in [-0.2, -0.15) is 5.10 Å². The lowest BCUT2D eigenvalue weighted by Gasteiger charge is -2.27. The van der Waals surface area contributed by atoms with Crippen molar-refractivity contribution in [2.45, 2.75) is 13.0 Å². The van der Waals surface area contributed by atoms with Gasteiger partial charge in [0.05, 0.1) is 19.9 Å². The standard InChI is InChI=1S/C24H23N3O4S/c1-30-21-13-17(8-9-20(21)31-24(29)22-7-4-12-32-22)14-25-26-23(28)16-27-11-10-18-5-2-3-6-19(18)15-27/h2-9,12-14H,10-11,15-16H2,1H3,(H,26,28). The number of nitrogens with zero attached hydrogens (tertiary/aromatic N) is 2. The Morgan fingerprint density at radius 2 is 1.97 bits per heavy atom. The van der Waals surface area contributed by atoms with Crippen LogP contribution < -0.4 is 14.9 Å². The fourth-order valence-electron chi connectivity index (χ4n) is 3.50. The highest BCUT2D eigenvalue weighted by molar-refractivity contribution is 7.12. The highest BCUT2D eigenvalue weighted by Crippen LogP contribution is 2.29. The van der Waals surface area contributed by atoms with Crippen LogP contribution in [0.4, 0.5) is 0 Å². The van der Waals surface area contributed by atoms with E-state index >= 15 is 0 Å². The number of esters is 1. The summed E-state index contributed by atoms with van der Waals surface area (Å²) in [5, 5.41) is 5.86. The van der Waals surface area contributed by atoms with Gasteiger partial charge in [-0.15, -0.1) is 11.3 Å². The molecule has 1 aliphatic heterocycles. The molecule has 1 aromatic heterocycles. The molecule has 0 radical (unpaired) electrons. The molecule has 0 bridgehead atoms. The number of carbonyl (C=O) groups is 2. The highest BCUT2D eigenvalue weighted by Gasteiger charge is 2.18. The molecule has 0 saturated carbocycles. The van der Waals surface area contributed by atoms with Crippen LogP contribution in [0.3, 0.4) is 0 Å². The maximum atomic E-state index is 12.3. The van der Waals surface area contributed by atoms with E-state index in [1.807, 2.05) is 17.5 Å². The summed E-state index contributed by atoms with van der Waals surface area (Å²) in [5.41, 5.74) is 5.88. The maximum Gasteiger partial charge on any atom is 0.353 e. The minimum absolute atomic E-state index is 0.172. The lowest BCUT2D eigenvalue weighted by molar-refractivity contribution is -0.122. The summed E-state index contributed by atoms with van der Waals surface area (Å²) in [6, 6.07) is 16.9. The summed E-state index contributed by atoms with van der Waals surface area (Å²) in [6.07, 6.45) is 2.46. The zero-order valence-corrected chi connectivity index (χ0v) is 18.4. The monoisotopic (exact) mass is 449 g/mol. The molecule has 32 heavy (non-hydrogen) atoms. The zero-order chi connectivity index (χ0) is 22.3. The first kappa shape index (κ1) is 21.7. The molecular weight excluding hydrogens is 426 g/mol. The third-order valence-electron chi connectivity index (χ3n) is 5.09. The van der Waals surface area contributed by atoms with Crippen LogP contribution in [0.1, 0.15) is 26.4 Å². The van der Waals surface area contributed by atoms with Gasteiger partial charge < -0.3 is 9.47 Å². The molecule has 3 aromatic rings. The lowest BCUT2D eigenvalue weighted by atomic mass is 10.00. The Labute approximate surface area is 190 Å². The average molecular weight is 450 g/mol. The number of benzene rings is 2. The van der Waals surface area contributed by atoms with Gasteiger partial charge in [0.1, 0.15) is 4.88 Å². The van der Waals surface area contributed by atoms with E-state index < -0.39 is 5.97 Å². The van der Waals surface area contributed by atoms with Gasteiger partial charge in [-0.1, -0.05) is 30.3 Å². The molecule has 0 atom stereocenters. The second-order valence-corrected chi connectivity index (χ2v) is 8.25. The van der Waals surface area contributed by atoms with Crippen molar-refractivity contribution in [3.63, 3.8) is 0 Å². The number of methoxy groups -OCH3 is 1. The van der Waals surface area contributed by atoms with Crippen LogP contribution in [0.25, 0.3) is 0 Å². The fraction of sp³-hybridized carbons (Fsp3) is 0.208. The number of hydrogen-bond acceptors (Lipinski definition) is 7. The Morgan fingerprint density at radius 1 is 1.12 bits per heavy atom. The molecule has 0 fully saturated rings. The molecule has 0 spiro atoms. The normalized spacial score (nSPS) is 13.5. The number of thiophene rings is 1. The maximum absolute atomic E-state index is 12.3. The van der Waals surface area contributed by atoms with Crippen LogP contribution >= 0.6 is 11.3 Å². The summed E-state index contributed by atoms with van der Waals surface area (Å²) >= 11 is 1.31. The molecule has 0 aliphatic carbocycles. The predicted octanol–water partition coefficient (Wildman–Crippen LogP) is 3.48. The van der Waals surface area contributed by atoms with Crippen LogP contribution in [0, 0.1) is 0 Å². The summed E-state index contributed by atoms with van der Waals surface area (Å²) in [7, 11) is 1.50. The minimum Gasteiger partial charge on any atom is -0.493 e. The first-order chi connectivity index (χ1) is 15.6. The second-order valence-electron chi connectivity index (χ2n) is 7.30.